The second-order valence-electron chi connectivity index (χ2n) is 5.58. The molecule has 0 spiro atoms. The number of carboxylic acid groups (broad SMARTS) is 1. The molecule has 2 aliphatic heterocycles. The molecule has 2 rings (SSSR count). The summed E-state index contributed by atoms with van der Waals surface area (Å²) in [6.07, 6.45) is 2.35. The lowest BCUT2D eigenvalue weighted by Gasteiger charge is -2.37. The number of hydrogen-bond acceptors (Lipinski definition) is 3. The quantitative estimate of drug-likeness (QED) is 0.832. The molecule has 19 heavy (non-hydrogen) atoms. The van der Waals surface area contributed by atoms with Crippen LogP contribution in [0, 0.1) is 0 Å². The lowest BCUT2D eigenvalue weighted by atomic mass is 10.2. The molecule has 0 radical (unpaired) electrons. The Morgan fingerprint density at radius 1 is 1.32 bits per heavy atom. The van der Waals surface area contributed by atoms with Crippen molar-refractivity contribution in [2.75, 3.05) is 19.6 Å². The zero-order valence-electron chi connectivity index (χ0n) is 11.5. The van der Waals surface area contributed by atoms with E-state index in [1.807, 2.05) is 18.7 Å². The fraction of sp³-hybridized carbons (Fsp3) is 0.846. The van der Waals surface area contributed by atoms with Gasteiger partial charge in [0, 0.05) is 25.7 Å². The second kappa shape index (κ2) is 5.77. The number of urea groups is 1. The molecule has 0 aromatic carbocycles. The van der Waals surface area contributed by atoms with Gasteiger partial charge >= 0.3 is 12.0 Å². The molecule has 2 heterocycles. The van der Waals surface area contributed by atoms with E-state index in [0.29, 0.717) is 13.1 Å². The first-order chi connectivity index (χ1) is 8.97. The van der Waals surface area contributed by atoms with Gasteiger partial charge in [-0.2, -0.15) is 0 Å². The number of ether oxygens (including phenoxy) is 1. The molecule has 2 bridgehead atoms. The van der Waals surface area contributed by atoms with Gasteiger partial charge in [-0.05, 0) is 26.7 Å². The van der Waals surface area contributed by atoms with Crippen LogP contribution in [0.1, 0.15) is 33.1 Å². The number of carboxylic acids is 1. The van der Waals surface area contributed by atoms with E-state index in [9.17, 15) is 9.59 Å². The van der Waals surface area contributed by atoms with E-state index in [1.165, 1.54) is 0 Å². The molecule has 2 unspecified atom stereocenters. The number of likely N-dealkylation sites (tertiary alicyclic amines) is 1. The van der Waals surface area contributed by atoms with E-state index >= 15 is 0 Å². The van der Waals surface area contributed by atoms with Gasteiger partial charge < -0.3 is 19.6 Å². The van der Waals surface area contributed by atoms with Crippen LogP contribution in [0.25, 0.3) is 0 Å². The van der Waals surface area contributed by atoms with Crippen molar-refractivity contribution in [2.24, 2.45) is 0 Å². The van der Waals surface area contributed by atoms with Crippen molar-refractivity contribution in [3.05, 3.63) is 0 Å². The molecule has 0 aromatic heterocycles. The van der Waals surface area contributed by atoms with Crippen LogP contribution in [0.5, 0.6) is 0 Å². The normalized spacial score (nSPS) is 25.7. The van der Waals surface area contributed by atoms with Gasteiger partial charge in [0.2, 0.25) is 0 Å². The van der Waals surface area contributed by atoms with Crippen LogP contribution >= 0.6 is 0 Å². The molecule has 6 nitrogen and oxygen atoms in total. The number of amides is 2. The Balaban J connectivity index is 1.96. The van der Waals surface area contributed by atoms with Crippen molar-refractivity contribution in [1.82, 2.24) is 9.80 Å². The van der Waals surface area contributed by atoms with Crippen LogP contribution in [-0.2, 0) is 9.53 Å². The van der Waals surface area contributed by atoms with Crippen LogP contribution in [-0.4, -0.2) is 64.8 Å². The minimum absolute atomic E-state index is 0.00680. The van der Waals surface area contributed by atoms with Gasteiger partial charge in [0.25, 0.3) is 0 Å². The van der Waals surface area contributed by atoms with E-state index in [4.69, 9.17) is 9.84 Å². The van der Waals surface area contributed by atoms with E-state index in [0.717, 1.165) is 12.8 Å². The van der Waals surface area contributed by atoms with Crippen molar-refractivity contribution in [3.63, 3.8) is 0 Å². The Kier molecular flexibility index (Phi) is 4.29. The third kappa shape index (κ3) is 3.37. The fourth-order valence-corrected chi connectivity index (χ4v) is 2.74. The number of hydrogen-bond donors (Lipinski definition) is 1. The SMILES string of the molecule is CC(C)N(CCC(=O)O)C(=O)N1CC2CCC(C1)O2. The van der Waals surface area contributed by atoms with E-state index in [1.54, 1.807) is 4.90 Å². The Morgan fingerprint density at radius 2 is 1.89 bits per heavy atom. The molecule has 6 heteroatoms. The standard InChI is InChI=1S/C13H22N2O4/c1-9(2)15(6-5-12(16)17)13(18)14-7-10-3-4-11(8-14)19-10/h9-11H,3-8H2,1-2H3,(H,16,17). The summed E-state index contributed by atoms with van der Waals surface area (Å²) < 4.78 is 5.71. The Morgan fingerprint density at radius 3 is 2.37 bits per heavy atom. The van der Waals surface area contributed by atoms with Crippen molar-refractivity contribution in [3.8, 4) is 0 Å². The smallest absolute Gasteiger partial charge is 0.320 e. The number of nitrogens with zero attached hydrogens (tertiary/aromatic N) is 2. The molecular formula is C13H22N2O4. The first-order valence-corrected chi connectivity index (χ1v) is 6.90. The van der Waals surface area contributed by atoms with Crippen LogP contribution in [0.2, 0.25) is 0 Å². The highest BCUT2D eigenvalue weighted by Gasteiger charge is 2.37. The van der Waals surface area contributed by atoms with Crippen molar-refractivity contribution in [2.45, 2.75) is 51.4 Å². The molecule has 2 amide bonds. The van der Waals surface area contributed by atoms with E-state index in [2.05, 4.69) is 0 Å². The number of aliphatic carboxylic acids is 1. The van der Waals surface area contributed by atoms with Gasteiger partial charge in [-0.1, -0.05) is 0 Å². The minimum Gasteiger partial charge on any atom is -0.481 e. The van der Waals surface area contributed by atoms with Crippen LogP contribution in [0.15, 0.2) is 0 Å². The molecule has 2 atom stereocenters. The number of rotatable bonds is 4. The fourth-order valence-electron chi connectivity index (χ4n) is 2.74. The molecule has 2 saturated heterocycles. The van der Waals surface area contributed by atoms with Crippen LogP contribution < -0.4 is 0 Å². The maximum absolute atomic E-state index is 12.5. The summed E-state index contributed by atoms with van der Waals surface area (Å²) in [5.41, 5.74) is 0. The first kappa shape index (κ1) is 14.1. The summed E-state index contributed by atoms with van der Waals surface area (Å²) in [6.45, 7) is 5.35. The molecular weight excluding hydrogens is 248 g/mol. The Bertz CT molecular complexity index is 347. The predicted molar refractivity (Wildman–Crippen MR) is 69.0 cm³/mol. The number of carbonyl (C=O) groups excluding carboxylic acids is 1. The van der Waals surface area contributed by atoms with Gasteiger partial charge in [0.15, 0.2) is 0 Å². The number of morpholine rings is 1. The lowest BCUT2D eigenvalue weighted by molar-refractivity contribution is -0.137. The number of fused-ring (bicyclic) bond motifs is 2. The number of carbonyl (C=O) groups is 2. The highest BCUT2D eigenvalue weighted by molar-refractivity contribution is 5.76. The molecule has 108 valence electrons. The predicted octanol–water partition coefficient (Wildman–Crippen LogP) is 1.15. The molecule has 0 saturated carbocycles. The van der Waals surface area contributed by atoms with Crippen molar-refractivity contribution in [1.29, 1.82) is 0 Å². The topological polar surface area (TPSA) is 70.1 Å². The van der Waals surface area contributed by atoms with Gasteiger partial charge in [-0.25, -0.2) is 4.79 Å². The Labute approximate surface area is 113 Å². The highest BCUT2D eigenvalue weighted by Crippen LogP contribution is 2.27. The minimum atomic E-state index is -0.875. The lowest BCUT2D eigenvalue weighted by Crippen LogP contribution is -2.53. The third-order valence-corrected chi connectivity index (χ3v) is 3.75. The molecule has 0 aromatic rings. The average molecular weight is 270 g/mol. The van der Waals surface area contributed by atoms with Gasteiger partial charge in [0.1, 0.15) is 0 Å². The molecule has 1 N–H and O–H groups in total. The molecule has 2 aliphatic rings. The summed E-state index contributed by atoms with van der Waals surface area (Å²) >= 11 is 0. The summed E-state index contributed by atoms with van der Waals surface area (Å²) in [4.78, 5) is 26.6. The van der Waals surface area contributed by atoms with Gasteiger partial charge in [0.05, 0.1) is 18.6 Å². The maximum Gasteiger partial charge on any atom is 0.320 e. The summed E-state index contributed by atoms with van der Waals surface area (Å²) in [5.74, 6) is -0.875. The van der Waals surface area contributed by atoms with E-state index < -0.39 is 5.97 Å². The Hall–Kier alpha value is -1.30. The first-order valence-electron chi connectivity index (χ1n) is 6.90. The summed E-state index contributed by atoms with van der Waals surface area (Å²) in [7, 11) is 0. The van der Waals surface area contributed by atoms with Gasteiger partial charge in [-0.15, -0.1) is 0 Å². The average Bonchev–Trinajstić information content (AvgIpc) is 2.67. The van der Waals surface area contributed by atoms with Crippen LogP contribution in [0.3, 0.4) is 0 Å². The van der Waals surface area contributed by atoms with Crippen molar-refractivity contribution >= 4 is 12.0 Å². The monoisotopic (exact) mass is 270 g/mol. The molecule has 2 fully saturated rings. The zero-order chi connectivity index (χ0) is 14.0. The van der Waals surface area contributed by atoms with Gasteiger partial charge in [-0.3, -0.25) is 4.79 Å². The highest BCUT2D eigenvalue weighted by atomic mass is 16.5. The van der Waals surface area contributed by atoms with Crippen LogP contribution in [0.4, 0.5) is 4.79 Å². The second-order valence-corrected chi connectivity index (χ2v) is 5.58. The molecule has 0 aliphatic carbocycles. The zero-order valence-corrected chi connectivity index (χ0v) is 11.5. The van der Waals surface area contributed by atoms with Crippen molar-refractivity contribution < 1.29 is 19.4 Å². The largest absolute Gasteiger partial charge is 0.481 e. The summed E-state index contributed by atoms with van der Waals surface area (Å²) in [6, 6.07) is -0.0520. The third-order valence-electron chi connectivity index (χ3n) is 3.75. The van der Waals surface area contributed by atoms with E-state index in [-0.39, 0.29) is 37.2 Å². The summed E-state index contributed by atoms with van der Waals surface area (Å²) in [5, 5.41) is 8.76. The maximum atomic E-state index is 12.5.